The number of hydrogen-bond donors (Lipinski definition) is 2. The molecule has 0 aromatic heterocycles. The number of hydrogen-bond acceptors (Lipinski definition) is 2. The minimum atomic E-state index is -1.10. The molecule has 0 unspecified atom stereocenters. The Morgan fingerprint density at radius 1 is 1.05 bits per heavy atom. The summed E-state index contributed by atoms with van der Waals surface area (Å²) in [6, 6.07) is 10.0. The molecule has 6 heteroatoms. The summed E-state index contributed by atoms with van der Waals surface area (Å²) in [7, 11) is 0. The topological polar surface area (TPSA) is 66.4 Å². The van der Waals surface area contributed by atoms with Gasteiger partial charge in [-0.05, 0) is 53.2 Å². The van der Waals surface area contributed by atoms with Crippen molar-refractivity contribution in [3.05, 3.63) is 62.0 Å². The number of carbonyl (C=O) groups is 2. The summed E-state index contributed by atoms with van der Waals surface area (Å²) in [5, 5.41) is 11.8. The first-order valence-electron chi connectivity index (χ1n) is 5.99. The number of aromatic carboxylic acids is 1. The van der Waals surface area contributed by atoms with E-state index >= 15 is 0 Å². The standard InChI is InChI=1S/C15H11Br2NO3/c1-8-2-5-12(17)11(6-8)14(19)18-13-7-9(16)3-4-10(13)15(20)21/h2-7H,1H3,(H,18,19)(H,20,21). The molecule has 0 saturated carbocycles. The van der Waals surface area contributed by atoms with E-state index in [4.69, 9.17) is 5.11 Å². The first-order valence-corrected chi connectivity index (χ1v) is 7.57. The van der Waals surface area contributed by atoms with Crippen LogP contribution in [-0.4, -0.2) is 17.0 Å². The molecule has 0 aliphatic rings. The normalized spacial score (nSPS) is 10.2. The van der Waals surface area contributed by atoms with E-state index in [1.165, 1.54) is 6.07 Å². The SMILES string of the molecule is Cc1ccc(Br)c(C(=O)Nc2cc(Br)ccc2C(=O)O)c1. The number of carboxylic acids is 1. The lowest BCUT2D eigenvalue weighted by Gasteiger charge is -2.10. The molecular weight excluding hydrogens is 402 g/mol. The largest absolute Gasteiger partial charge is 0.478 e. The first kappa shape index (κ1) is 15.7. The Bertz CT molecular complexity index is 729. The van der Waals surface area contributed by atoms with Crippen molar-refractivity contribution in [3.8, 4) is 0 Å². The molecule has 21 heavy (non-hydrogen) atoms. The average molecular weight is 413 g/mol. The Labute approximate surface area is 138 Å². The maximum atomic E-state index is 12.3. The van der Waals surface area contributed by atoms with E-state index in [0.29, 0.717) is 14.5 Å². The number of benzene rings is 2. The molecule has 2 N–H and O–H groups in total. The second kappa shape index (κ2) is 6.41. The van der Waals surface area contributed by atoms with Crippen LogP contribution in [0.3, 0.4) is 0 Å². The predicted molar refractivity (Wildman–Crippen MR) is 87.9 cm³/mol. The van der Waals surface area contributed by atoms with E-state index in [-0.39, 0.29) is 17.2 Å². The van der Waals surface area contributed by atoms with Crippen LogP contribution in [-0.2, 0) is 0 Å². The maximum absolute atomic E-state index is 12.3. The maximum Gasteiger partial charge on any atom is 0.337 e. The minimum Gasteiger partial charge on any atom is -0.478 e. The van der Waals surface area contributed by atoms with Crippen LogP contribution >= 0.6 is 31.9 Å². The summed E-state index contributed by atoms with van der Waals surface area (Å²) in [4.78, 5) is 23.5. The monoisotopic (exact) mass is 411 g/mol. The van der Waals surface area contributed by atoms with Crippen LogP contribution in [0.15, 0.2) is 45.3 Å². The van der Waals surface area contributed by atoms with Gasteiger partial charge in [0, 0.05) is 8.95 Å². The fourth-order valence-corrected chi connectivity index (χ4v) is 2.60. The average Bonchev–Trinajstić information content (AvgIpc) is 2.41. The number of amides is 1. The van der Waals surface area contributed by atoms with Crippen LogP contribution in [0.4, 0.5) is 5.69 Å². The molecule has 0 atom stereocenters. The van der Waals surface area contributed by atoms with Gasteiger partial charge in [-0.2, -0.15) is 0 Å². The predicted octanol–water partition coefficient (Wildman–Crippen LogP) is 4.47. The number of carbonyl (C=O) groups excluding carboxylic acids is 1. The third-order valence-electron chi connectivity index (χ3n) is 2.83. The smallest absolute Gasteiger partial charge is 0.337 e. The highest BCUT2D eigenvalue weighted by Gasteiger charge is 2.15. The van der Waals surface area contributed by atoms with Gasteiger partial charge in [0.2, 0.25) is 0 Å². The summed E-state index contributed by atoms with van der Waals surface area (Å²) >= 11 is 6.58. The third-order valence-corrected chi connectivity index (χ3v) is 4.01. The molecule has 0 aliphatic heterocycles. The van der Waals surface area contributed by atoms with Gasteiger partial charge < -0.3 is 10.4 Å². The zero-order valence-corrected chi connectivity index (χ0v) is 14.2. The van der Waals surface area contributed by atoms with Crippen molar-refractivity contribution in [2.24, 2.45) is 0 Å². The molecule has 0 saturated heterocycles. The Kier molecular flexibility index (Phi) is 4.80. The fraction of sp³-hybridized carbons (Fsp3) is 0.0667. The van der Waals surface area contributed by atoms with Gasteiger partial charge >= 0.3 is 5.97 Å². The summed E-state index contributed by atoms with van der Waals surface area (Å²) in [6.07, 6.45) is 0. The molecule has 0 radical (unpaired) electrons. The van der Waals surface area contributed by atoms with Crippen molar-refractivity contribution < 1.29 is 14.7 Å². The van der Waals surface area contributed by atoms with Crippen molar-refractivity contribution in [2.45, 2.75) is 6.92 Å². The van der Waals surface area contributed by atoms with E-state index in [1.807, 2.05) is 13.0 Å². The van der Waals surface area contributed by atoms with Crippen molar-refractivity contribution in [1.82, 2.24) is 0 Å². The van der Waals surface area contributed by atoms with Gasteiger partial charge in [-0.15, -0.1) is 0 Å². The lowest BCUT2D eigenvalue weighted by atomic mass is 10.1. The van der Waals surface area contributed by atoms with E-state index in [1.54, 1.807) is 24.3 Å². The Balaban J connectivity index is 2.38. The molecule has 4 nitrogen and oxygen atoms in total. The zero-order valence-electron chi connectivity index (χ0n) is 11.0. The molecule has 0 fully saturated rings. The van der Waals surface area contributed by atoms with Gasteiger partial charge in [0.25, 0.3) is 5.91 Å². The molecule has 1 amide bonds. The molecule has 2 rings (SSSR count). The van der Waals surface area contributed by atoms with Gasteiger partial charge in [-0.1, -0.05) is 27.6 Å². The van der Waals surface area contributed by atoms with Crippen molar-refractivity contribution >= 4 is 49.4 Å². The lowest BCUT2D eigenvalue weighted by Crippen LogP contribution is -2.15. The lowest BCUT2D eigenvalue weighted by molar-refractivity contribution is 0.0698. The third kappa shape index (κ3) is 3.71. The van der Waals surface area contributed by atoms with E-state index in [0.717, 1.165) is 5.56 Å². The van der Waals surface area contributed by atoms with Crippen LogP contribution < -0.4 is 5.32 Å². The fourth-order valence-electron chi connectivity index (χ4n) is 1.81. The van der Waals surface area contributed by atoms with Crippen LogP contribution in [0.1, 0.15) is 26.3 Å². The number of halogens is 2. The number of rotatable bonds is 3. The molecule has 0 spiro atoms. The van der Waals surface area contributed by atoms with E-state index < -0.39 is 5.97 Å². The second-order valence-electron chi connectivity index (χ2n) is 4.43. The van der Waals surface area contributed by atoms with Crippen LogP contribution in [0.5, 0.6) is 0 Å². The molecular formula is C15H11Br2NO3. The van der Waals surface area contributed by atoms with Crippen molar-refractivity contribution in [3.63, 3.8) is 0 Å². The Morgan fingerprint density at radius 2 is 1.76 bits per heavy atom. The number of aryl methyl sites for hydroxylation is 1. The van der Waals surface area contributed by atoms with Gasteiger partial charge in [0.1, 0.15) is 0 Å². The Morgan fingerprint density at radius 3 is 2.43 bits per heavy atom. The summed E-state index contributed by atoms with van der Waals surface area (Å²) in [5.74, 6) is -1.47. The van der Waals surface area contributed by atoms with Gasteiger partial charge in [0.15, 0.2) is 0 Å². The van der Waals surface area contributed by atoms with Crippen molar-refractivity contribution in [1.29, 1.82) is 0 Å². The number of anilines is 1. The highest BCUT2D eigenvalue weighted by molar-refractivity contribution is 9.10. The van der Waals surface area contributed by atoms with Crippen LogP contribution in [0.2, 0.25) is 0 Å². The molecule has 0 bridgehead atoms. The molecule has 0 heterocycles. The molecule has 2 aromatic rings. The van der Waals surface area contributed by atoms with Gasteiger partial charge in [-0.3, -0.25) is 4.79 Å². The Hall–Kier alpha value is -1.66. The van der Waals surface area contributed by atoms with Crippen LogP contribution in [0, 0.1) is 6.92 Å². The zero-order chi connectivity index (χ0) is 15.6. The highest BCUT2D eigenvalue weighted by Crippen LogP contribution is 2.24. The summed E-state index contributed by atoms with van der Waals surface area (Å²) in [5.41, 5.74) is 1.67. The number of carboxylic acid groups (broad SMARTS) is 1. The molecule has 0 aliphatic carbocycles. The first-order chi connectivity index (χ1) is 9.88. The second-order valence-corrected chi connectivity index (χ2v) is 6.20. The van der Waals surface area contributed by atoms with Crippen molar-refractivity contribution in [2.75, 3.05) is 5.32 Å². The summed E-state index contributed by atoms with van der Waals surface area (Å²) < 4.78 is 1.34. The van der Waals surface area contributed by atoms with Crippen LogP contribution in [0.25, 0.3) is 0 Å². The van der Waals surface area contributed by atoms with Gasteiger partial charge in [0.05, 0.1) is 16.8 Å². The molecule has 108 valence electrons. The summed E-state index contributed by atoms with van der Waals surface area (Å²) in [6.45, 7) is 1.88. The van der Waals surface area contributed by atoms with E-state index in [2.05, 4.69) is 37.2 Å². The quantitative estimate of drug-likeness (QED) is 0.781. The molecule has 2 aromatic carbocycles. The van der Waals surface area contributed by atoms with E-state index in [9.17, 15) is 9.59 Å². The number of nitrogens with one attached hydrogen (secondary N) is 1. The minimum absolute atomic E-state index is 0.0373. The highest BCUT2D eigenvalue weighted by atomic mass is 79.9. The van der Waals surface area contributed by atoms with Gasteiger partial charge in [-0.25, -0.2) is 4.79 Å².